The molecule has 0 atom stereocenters. The highest BCUT2D eigenvalue weighted by Crippen LogP contribution is 2.18. The highest BCUT2D eigenvalue weighted by Gasteiger charge is 2.03. The Balaban J connectivity index is 1.68. The number of benzene rings is 2. The van der Waals surface area contributed by atoms with E-state index in [1.807, 2.05) is 24.3 Å². The molecule has 6 heteroatoms. The zero-order valence-electron chi connectivity index (χ0n) is 13.5. The van der Waals surface area contributed by atoms with Crippen LogP contribution in [0.2, 0.25) is 5.02 Å². The molecule has 0 aliphatic carbocycles. The molecule has 2 aromatic carbocycles. The summed E-state index contributed by atoms with van der Waals surface area (Å²) in [5.41, 5.74) is 4.47. The topological polar surface area (TPSA) is 62.7 Å². The maximum atomic E-state index is 5.89. The maximum absolute atomic E-state index is 5.89. The summed E-state index contributed by atoms with van der Waals surface area (Å²) >= 11 is 5.89. The lowest BCUT2D eigenvalue weighted by Crippen LogP contribution is -2.06. The Morgan fingerprint density at radius 2 is 1.71 bits per heavy atom. The molecular formula is C18H18ClN5. The summed E-state index contributed by atoms with van der Waals surface area (Å²) in [5.74, 6) is 1.12. The summed E-state index contributed by atoms with van der Waals surface area (Å²) in [6.07, 6.45) is 1.60. The predicted octanol–water partition coefficient (Wildman–Crippen LogP) is 4.50. The van der Waals surface area contributed by atoms with E-state index < -0.39 is 0 Å². The van der Waals surface area contributed by atoms with Crippen molar-refractivity contribution < 1.29 is 0 Å². The molecule has 0 saturated heterocycles. The van der Waals surface area contributed by atoms with Gasteiger partial charge >= 0.3 is 0 Å². The van der Waals surface area contributed by atoms with E-state index in [1.165, 1.54) is 11.1 Å². The lowest BCUT2D eigenvalue weighted by molar-refractivity contribution is 0.949. The van der Waals surface area contributed by atoms with Gasteiger partial charge in [-0.3, -0.25) is 0 Å². The first kappa shape index (κ1) is 16.2. The highest BCUT2D eigenvalue weighted by atomic mass is 35.5. The van der Waals surface area contributed by atoms with Crippen LogP contribution in [0.4, 0.5) is 17.5 Å². The highest BCUT2D eigenvalue weighted by molar-refractivity contribution is 6.30. The number of nitrogens with zero attached hydrogens (tertiary/aromatic N) is 3. The number of hydrogen-bond donors (Lipinski definition) is 2. The van der Waals surface area contributed by atoms with E-state index in [-0.39, 0.29) is 0 Å². The van der Waals surface area contributed by atoms with Crippen molar-refractivity contribution >= 4 is 29.1 Å². The summed E-state index contributed by atoms with van der Waals surface area (Å²) < 4.78 is 0. The quantitative estimate of drug-likeness (QED) is 0.716. The molecule has 0 aliphatic rings. The van der Waals surface area contributed by atoms with Crippen LogP contribution in [-0.2, 0) is 6.54 Å². The van der Waals surface area contributed by atoms with E-state index in [2.05, 4.69) is 57.9 Å². The van der Waals surface area contributed by atoms with Crippen LogP contribution in [0.3, 0.4) is 0 Å². The van der Waals surface area contributed by atoms with Gasteiger partial charge in [-0.2, -0.15) is 10.1 Å². The Morgan fingerprint density at radius 1 is 1.00 bits per heavy atom. The van der Waals surface area contributed by atoms with E-state index >= 15 is 0 Å². The van der Waals surface area contributed by atoms with Crippen LogP contribution in [-0.4, -0.2) is 15.2 Å². The Labute approximate surface area is 146 Å². The lowest BCUT2D eigenvalue weighted by Gasteiger charge is -2.09. The SMILES string of the molecule is Cc1cc(C)cc(Nc2cnnc(NCc3ccc(Cl)cc3)n2)c1. The van der Waals surface area contributed by atoms with Gasteiger partial charge in [0.15, 0.2) is 5.82 Å². The van der Waals surface area contributed by atoms with Gasteiger partial charge in [0.1, 0.15) is 0 Å². The first-order valence-electron chi connectivity index (χ1n) is 7.62. The number of aromatic nitrogens is 3. The third-order valence-electron chi connectivity index (χ3n) is 3.42. The van der Waals surface area contributed by atoms with Gasteiger partial charge in [-0.15, -0.1) is 5.10 Å². The van der Waals surface area contributed by atoms with Crippen LogP contribution in [0.5, 0.6) is 0 Å². The standard InChI is InChI=1S/C18H18ClN5/c1-12-7-13(2)9-16(8-12)22-17-11-21-24-18(23-17)20-10-14-3-5-15(19)6-4-14/h3-9,11H,10H2,1-2H3,(H2,20,22,23,24). The number of anilines is 3. The molecule has 0 unspecified atom stereocenters. The van der Waals surface area contributed by atoms with Gasteiger partial charge in [0, 0.05) is 17.3 Å². The molecule has 3 rings (SSSR count). The second-order valence-corrected chi connectivity index (χ2v) is 6.08. The van der Waals surface area contributed by atoms with Crippen LogP contribution < -0.4 is 10.6 Å². The molecule has 0 fully saturated rings. The molecule has 0 amide bonds. The Kier molecular flexibility index (Phi) is 4.91. The molecule has 0 aliphatic heterocycles. The summed E-state index contributed by atoms with van der Waals surface area (Å²) in [4.78, 5) is 4.44. The van der Waals surface area contributed by atoms with Crippen LogP contribution in [0, 0.1) is 13.8 Å². The zero-order chi connectivity index (χ0) is 16.9. The third kappa shape index (κ3) is 4.43. The molecular weight excluding hydrogens is 322 g/mol. The van der Waals surface area contributed by atoms with Gasteiger partial charge in [0.25, 0.3) is 0 Å². The monoisotopic (exact) mass is 339 g/mol. The van der Waals surface area contributed by atoms with E-state index in [0.717, 1.165) is 16.3 Å². The van der Waals surface area contributed by atoms with Gasteiger partial charge in [-0.25, -0.2) is 0 Å². The van der Waals surface area contributed by atoms with Gasteiger partial charge < -0.3 is 10.6 Å². The molecule has 3 aromatic rings. The maximum Gasteiger partial charge on any atom is 0.244 e. The molecule has 24 heavy (non-hydrogen) atoms. The second-order valence-electron chi connectivity index (χ2n) is 5.65. The zero-order valence-corrected chi connectivity index (χ0v) is 14.3. The smallest absolute Gasteiger partial charge is 0.244 e. The Morgan fingerprint density at radius 3 is 2.42 bits per heavy atom. The Hall–Kier alpha value is -2.66. The van der Waals surface area contributed by atoms with Crippen molar-refractivity contribution in [2.75, 3.05) is 10.6 Å². The average Bonchev–Trinajstić information content (AvgIpc) is 2.54. The van der Waals surface area contributed by atoms with Crippen molar-refractivity contribution in [3.63, 3.8) is 0 Å². The number of nitrogens with one attached hydrogen (secondary N) is 2. The van der Waals surface area contributed by atoms with Crippen LogP contribution in [0.1, 0.15) is 16.7 Å². The van der Waals surface area contributed by atoms with Gasteiger partial charge in [-0.1, -0.05) is 29.8 Å². The molecule has 5 nitrogen and oxygen atoms in total. The minimum atomic E-state index is 0.472. The van der Waals surface area contributed by atoms with Gasteiger partial charge in [-0.05, 0) is 54.8 Å². The van der Waals surface area contributed by atoms with Crippen molar-refractivity contribution in [3.05, 3.63) is 70.4 Å². The molecule has 0 spiro atoms. The molecule has 122 valence electrons. The van der Waals surface area contributed by atoms with E-state index in [4.69, 9.17) is 11.6 Å². The molecule has 0 saturated carbocycles. The van der Waals surface area contributed by atoms with Crippen molar-refractivity contribution in [1.82, 2.24) is 15.2 Å². The van der Waals surface area contributed by atoms with Crippen molar-refractivity contribution in [3.8, 4) is 0 Å². The predicted molar refractivity (Wildman–Crippen MR) is 97.8 cm³/mol. The molecule has 0 radical (unpaired) electrons. The average molecular weight is 340 g/mol. The molecule has 1 heterocycles. The number of halogens is 1. The van der Waals surface area contributed by atoms with E-state index in [0.29, 0.717) is 18.3 Å². The first-order chi connectivity index (χ1) is 11.6. The fourth-order valence-electron chi connectivity index (χ4n) is 2.42. The summed E-state index contributed by atoms with van der Waals surface area (Å²) in [6, 6.07) is 13.9. The Bertz CT molecular complexity index is 813. The summed E-state index contributed by atoms with van der Waals surface area (Å²) in [6.45, 7) is 4.73. The fraction of sp³-hybridized carbons (Fsp3) is 0.167. The summed E-state index contributed by atoms with van der Waals surface area (Å²) in [7, 11) is 0. The minimum absolute atomic E-state index is 0.472. The van der Waals surface area contributed by atoms with Crippen molar-refractivity contribution in [2.24, 2.45) is 0 Å². The molecule has 0 bridgehead atoms. The minimum Gasteiger partial charge on any atom is -0.349 e. The largest absolute Gasteiger partial charge is 0.349 e. The fourth-order valence-corrected chi connectivity index (χ4v) is 2.54. The first-order valence-corrected chi connectivity index (χ1v) is 8.00. The number of hydrogen-bond acceptors (Lipinski definition) is 5. The molecule has 1 aromatic heterocycles. The second kappa shape index (κ2) is 7.27. The number of rotatable bonds is 5. The number of aryl methyl sites for hydroxylation is 2. The van der Waals surface area contributed by atoms with E-state index in [1.54, 1.807) is 6.20 Å². The van der Waals surface area contributed by atoms with Crippen molar-refractivity contribution in [2.45, 2.75) is 20.4 Å². The normalized spacial score (nSPS) is 10.5. The van der Waals surface area contributed by atoms with Crippen LogP contribution >= 0.6 is 11.6 Å². The van der Waals surface area contributed by atoms with Gasteiger partial charge in [0.05, 0.1) is 6.20 Å². The third-order valence-corrected chi connectivity index (χ3v) is 3.67. The van der Waals surface area contributed by atoms with Crippen molar-refractivity contribution in [1.29, 1.82) is 0 Å². The van der Waals surface area contributed by atoms with Crippen LogP contribution in [0.25, 0.3) is 0 Å². The summed E-state index contributed by atoms with van der Waals surface area (Å²) in [5, 5.41) is 15.1. The lowest BCUT2D eigenvalue weighted by atomic mass is 10.1. The molecule has 2 N–H and O–H groups in total. The van der Waals surface area contributed by atoms with Crippen LogP contribution in [0.15, 0.2) is 48.7 Å². The van der Waals surface area contributed by atoms with E-state index in [9.17, 15) is 0 Å². The van der Waals surface area contributed by atoms with Gasteiger partial charge in [0.2, 0.25) is 5.95 Å².